The molecule has 4 unspecified atom stereocenters. The Morgan fingerprint density at radius 3 is 1.14 bits per heavy atom. The lowest BCUT2D eigenvalue weighted by Gasteiger charge is -2.53. The molecule has 0 amide bonds. The molecule has 8 rings (SSSR count). The third-order valence-corrected chi connectivity index (χ3v) is 12.8. The van der Waals surface area contributed by atoms with Gasteiger partial charge in [0, 0.05) is 20.1 Å². The second-order valence-corrected chi connectivity index (χ2v) is 15.7. The zero-order chi connectivity index (χ0) is 40.6. The van der Waals surface area contributed by atoms with Gasteiger partial charge in [0.15, 0.2) is 23.0 Å². The third kappa shape index (κ3) is 6.38. The quantitative estimate of drug-likeness (QED) is 0.134. The standard InChI is InChI=1S/C46H42Cl4N4O4/c1-55-39-23-21-29(25-41(39)57-3)45(33-15-7-11-19-37(33)49)43(31-13-5-9-17-35(31)47)51-27-53(45)54-28-52-44(32-14-6-10-18-36(32)48)46(54,34-16-8-12-20-38(34)50)30-22-24-40(56-2)42(26-30)58-4/h5-26,43-44,51-52H,27-28H2,1-4H3. The Balaban J connectivity index is 1.53. The van der Waals surface area contributed by atoms with Crippen LogP contribution >= 0.6 is 46.4 Å². The van der Waals surface area contributed by atoms with Crippen LogP contribution in [0, 0.1) is 0 Å². The van der Waals surface area contributed by atoms with E-state index in [2.05, 4.69) is 57.0 Å². The topological polar surface area (TPSA) is 67.5 Å². The van der Waals surface area contributed by atoms with E-state index in [0.717, 1.165) is 33.4 Å². The summed E-state index contributed by atoms with van der Waals surface area (Å²) in [6.07, 6.45) is 0. The SMILES string of the molecule is COc1ccc(C2(c3ccccc3Cl)C(c3ccccc3Cl)NCN2N2CNC(c3ccccc3Cl)C2(c2ccc(OC)c(OC)c2)c2ccccc2Cl)cc1OC. The molecular formula is C46H42Cl4N4O4. The molecule has 2 aliphatic rings. The van der Waals surface area contributed by atoms with Gasteiger partial charge in [-0.3, -0.25) is 10.6 Å². The molecule has 0 saturated carbocycles. The van der Waals surface area contributed by atoms with E-state index in [9.17, 15) is 0 Å². The van der Waals surface area contributed by atoms with E-state index in [-0.39, 0.29) is 0 Å². The maximum absolute atomic E-state index is 7.44. The van der Waals surface area contributed by atoms with Gasteiger partial charge in [0.05, 0.1) is 53.9 Å². The van der Waals surface area contributed by atoms with E-state index < -0.39 is 23.2 Å². The normalized spacial score (nSPS) is 22.2. The fourth-order valence-corrected chi connectivity index (χ4v) is 10.1. The molecule has 2 aliphatic heterocycles. The number of halogens is 4. The Bertz CT molecular complexity index is 2290. The van der Waals surface area contributed by atoms with Gasteiger partial charge < -0.3 is 18.9 Å². The van der Waals surface area contributed by atoms with Crippen molar-refractivity contribution in [2.75, 3.05) is 41.8 Å². The van der Waals surface area contributed by atoms with Crippen molar-refractivity contribution in [3.05, 3.63) is 187 Å². The summed E-state index contributed by atoms with van der Waals surface area (Å²) in [5.41, 5.74) is 2.95. The fourth-order valence-electron chi connectivity index (χ4n) is 9.06. The Morgan fingerprint density at radius 2 is 0.793 bits per heavy atom. The molecule has 0 aromatic heterocycles. The predicted octanol–water partition coefficient (Wildman–Crippen LogP) is 10.6. The summed E-state index contributed by atoms with van der Waals surface area (Å²) in [5.74, 6) is 2.29. The summed E-state index contributed by atoms with van der Waals surface area (Å²) < 4.78 is 23.6. The van der Waals surface area contributed by atoms with E-state index in [0.29, 0.717) is 56.4 Å². The fraction of sp³-hybridized carbons (Fsp3) is 0.217. The van der Waals surface area contributed by atoms with Crippen molar-refractivity contribution in [3.8, 4) is 23.0 Å². The van der Waals surface area contributed by atoms with Crippen molar-refractivity contribution in [2.24, 2.45) is 0 Å². The van der Waals surface area contributed by atoms with Crippen molar-refractivity contribution < 1.29 is 18.9 Å². The highest BCUT2D eigenvalue weighted by Gasteiger charge is 2.63. The highest BCUT2D eigenvalue weighted by Crippen LogP contribution is 2.60. The molecule has 0 aliphatic carbocycles. The molecule has 0 spiro atoms. The lowest BCUT2D eigenvalue weighted by molar-refractivity contribution is -0.118. The average molecular weight is 857 g/mol. The molecular weight excluding hydrogens is 814 g/mol. The molecule has 6 aromatic carbocycles. The molecule has 298 valence electrons. The number of methoxy groups -OCH3 is 4. The Hall–Kier alpha value is -4.48. The van der Waals surface area contributed by atoms with Crippen LogP contribution in [0.2, 0.25) is 20.1 Å². The average Bonchev–Trinajstić information content (AvgIpc) is 3.84. The van der Waals surface area contributed by atoms with Crippen LogP contribution in [0.25, 0.3) is 0 Å². The van der Waals surface area contributed by atoms with Crippen LogP contribution in [0.5, 0.6) is 23.0 Å². The van der Waals surface area contributed by atoms with Crippen molar-refractivity contribution >= 4 is 46.4 Å². The van der Waals surface area contributed by atoms with Gasteiger partial charge in [0.25, 0.3) is 0 Å². The molecule has 0 radical (unpaired) electrons. The summed E-state index contributed by atoms with van der Waals surface area (Å²) in [5, 5.41) is 14.9. The van der Waals surface area contributed by atoms with Crippen LogP contribution in [0.1, 0.15) is 45.5 Å². The summed E-state index contributed by atoms with van der Waals surface area (Å²) in [6, 6.07) is 42.8. The van der Waals surface area contributed by atoms with Crippen LogP contribution in [0.3, 0.4) is 0 Å². The van der Waals surface area contributed by atoms with E-state index in [1.807, 2.05) is 97.1 Å². The number of ether oxygens (including phenoxy) is 4. The first-order valence-corrected chi connectivity index (χ1v) is 20.2. The van der Waals surface area contributed by atoms with Gasteiger partial charge in [-0.25, -0.2) is 10.0 Å². The summed E-state index contributed by atoms with van der Waals surface area (Å²) in [4.78, 5) is 0. The second-order valence-electron chi connectivity index (χ2n) is 14.1. The predicted molar refractivity (Wildman–Crippen MR) is 232 cm³/mol. The molecule has 12 heteroatoms. The minimum atomic E-state index is -1.11. The Labute approximate surface area is 359 Å². The third-order valence-electron chi connectivity index (χ3n) is 11.5. The molecule has 0 bridgehead atoms. The van der Waals surface area contributed by atoms with Gasteiger partial charge in [0.1, 0.15) is 11.1 Å². The van der Waals surface area contributed by atoms with E-state index in [1.165, 1.54) is 0 Å². The number of hydrogen-bond acceptors (Lipinski definition) is 8. The van der Waals surface area contributed by atoms with Crippen LogP contribution in [-0.4, -0.2) is 51.8 Å². The van der Waals surface area contributed by atoms with Crippen LogP contribution in [0.4, 0.5) is 0 Å². The smallest absolute Gasteiger partial charge is 0.161 e. The van der Waals surface area contributed by atoms with Gasteiger partial charge in [-0.1, -0.05) is 131 Å². The van der Waals surface area contributed by atoms with Crippen molar-refractivity contribution in [1.82, 2.24) is 20.7 Å². The van der Waals surface area contributed by atoms with Gasteiger partial charge >= 0.3 is 0 Å². The Morgan fingerprint density at radius 1 is 0.448 bits per heavy atom. The van der Waals surface area contributed by atoms with Crippen LogP contribution in [0.15, 0.2) is 133 Å². The number of benzene rings is 6. The molecule has 6 aromatic rings. The lowest BCUT2D eigenvalue weighted by Crippen LogP contribution is -2.60. The molecule has 2 N–H and O–H groups in total. The molecule has 4 atom stereocenters. The number of rotatable bonds is 11. The summed E-state index contributed by atoms with van der Waals surface area (Å²) in [7, 11) is 6.53. The highest BCUT2D eigenvalue weighted by molar-refractivity contribution is 6.32. The number of nitrogens with one attached hydrogen (secondary N) is 2. The van der Waals surface area contributed by atoms with Crippen LogP contribution in [-0.2, 0) is 11.1 Å². The van der Waals surface area contributed by atoms with Gasteiger partial charge in [-0.15, -0.1) is 0 Å². The van der Waals surface area contributed by atoms with E-state index >= 15 is 0 Å². The zero-order valence-electron chi connectivity index (χ0n) is 32.3. The largest absolute Gasteiger partial charge is 0.493 e. The van der Waals surface area contributed by atoms with Gasteiger partial charge in [-0.2, -0.15) is 0 Å². The maximum atomic E-state index is 7.44. The van der Waals surface area contributed by atoms with E-state index in [4.69, 9.17) is 65.4 Å². The molecule has 58 heavy (non-hydrogen) atoms. The lowest BCUT2D eigenvalue weighted by atomic mass is 9.72. The first-order valence-electron chi connectivity index (χ1n) is 18.7. The Kier molecular flexibility index (Phi) is 11.6. The highest BCUT2D eigenvalue weighted by atomic mass is 35.5. The summed E-state index contributed by atoms with van der Waals surface area (Å²) >= 11 is 29.3. The summed E-state index contributed by atoms with van der Waals surface area (Å²) in [6.45, 7) is 0.678. The molecule has 2 heterocycles. The monoisotopic (exact) mass is 854 g/mol. The van der Waals surface area contributed by atoms with Crippen LogP contribution < -0.4 is 29.6 Å². The molecule has 2 saturated heterocycles. The molecule has 2 fully saturated rings. The van der Waals surface area contributed by atoms with Gasteiger partial charge in [0.2, 0.25) is 0 Å². The number of nitrogens with zero attached hydrogens (tertiary/aromatic N) is 2. The number of hydrazine groups is 1. The van der Waals surface area contributed by atoms with Crippen molar-refractivity contribution in [1.29, 1.82) is 0 Å². The minimum absolute atomic E-state index is 0.339. The van der Waals surface area contributed by atoms with Crippen molar-refractivity contribution in [2.45, 2.75) is 23.2 Å². The van der Waals surface area contributed by atoms with E-state index in [1.54, 1.807) is 28.4 Å². The number of hydrogen-bond donors (Lipinski definition) is 2. The first-order chi connectivity index (χ1) is 28.2. The maximum Gasteiger partial charge on any atom is 0.161 e. The zero-order valence-corrected chi connectivity index (χ0v) is 35.3. The van der Waals surface area contributed by atoms with Crippen molar-refractivity contribution in [3.63, 3.8) is 0 Å². The molecule has 8 nitrogen and oxygen atoms in total. The van der Waals surface area contributed by atoms with Gasteiger partial charge in [-0.05, 0) is 81.9 Å². The first kappa shape index (κ1) is 40.3. The minimum Gasteiger partial charge on any atom is -0.493 e. The second kappa shape index (κ2) is 16.6.